The zero-order chi connectivity index (χ0) is 19.7. The second-order valence-electron chi connectivity index (χ2n) is 6.59. The number of nitrogens with zero attached hydrogens (tertiary/aromatic N) is 1. The second kappa shape index (κ2) is 10.9. The van der Waals surface area contributed by atoms with Crippen molar-refractivity contribution in [2.24, 2.45) is 5.10 Å². The van der Waals surface area contributed by atoms with Crippen molar-refractivity contribution in [3.63, 3.8) is 0 Å². The van der Waals surface area contributed by atoms with Gasteiger partial charge in [0.2, 0.25) is 5.91 Å². The zero-order valence-electron chi connectivity index (χ0n) is 15.7. The quantitative estimate of drug-likeness (QED) is 0.448. The maximum Gasteiger partial charge on any atom is 0.408 e. The lowest BCUT2D eigenvalue weighted by molar-refractivity contribution is -0.143. The standard InChI is InChI=1S/C18H25N3O5.CH4/c1-12(22)21-19-11-14-8-6-13(7-9-14)10-15(16(23)25-5)20-17(24)26-18(2,3)4;/h6-9,11,15H,10H2,1-5H3,(H,20,24)(H,21,22);1H4/b19-11+;. The molecule has 1 unspecified atom stereocenters. The van der Waals surface area contributed by atoms with E-state index < -0.39 is 23.7 Å². The Labute approximate surface area is 160 Å². The first kappa shape index (κ1) is 24.1. The molecule has 1 atom stereocenters. The first-order valence-electron chi connectivity index (χ1n) is 8.06. The average Bonchev–Trinajstić information content (AvgIpc) is 2.53. The monoisotopic (exact) mass is 379 g/mol. The molecule has 27 heavy (non-hydrogen) atoms. The third-order valence-corrected chi connectivity index (χ3v) is 3.03. The Hall–Kier alpha value is -2.90. The van der Waals surface area contributed by atoms with Gasteiger partial charge in [0.15, 0.2) is 0 Å². The van der Waals surface area contributed by atoms with E-state index in [0.717, 1.165) is 11.1 Å². The van der Waals surface area contributed by atoms with Gasteiger partial charge in [-0.05, 0) is 31.9 Å². The molecule has 0 spiro atoms. The molecule has 0 saturated carbocycles. The maximum atomic E-state index is 11.9. The van der Waals surface area contributed by atoms with Crippen molar-refractivity contribution in [2.75, 3.05) is 7.11 Å². The summed E-state index contributed by atoms with van der Waals surface area (Å²) in [6, 6.07) is 6.28. The van der Waals surface area contributed by atoms with Gasteiger partial charge in [-0.15, -0.1) is 0 Å². The molecule has 0 aliphatic heterocycles. The summed E-state index contributed by atoms with van der Waals surface area (Å²) in [6.07, 6.45) is 1.06. The fourth-order valence-corrected chi connectivity index (χ4v) is 1.96. The minimum absolute atomic E-state index is 0. The van der Waals surface area contributed by atoms with Crippen LogP contribution in [0.15, 0.2) is 29.4 Å². The Morgan fingerprint density at radius 2 is 1.78 bits per heavy atom. The first-order valence-corrected chi connectivity index (χ1v) is 8.06. The van der Waals surface area contributed by atoms with E-state index in [1.807, 2.05) is 0 Å². The summed E-state index contributed by atoms with van der Waals surface area (Å²) in [4.78, 5) is 34.6. The summed E-state index contributed by atoms with van der Waals surface area (Å²) in [5, 5.41) is 6.30. The molecule has 1 rings (SSSR count). The summed E-state index contributed by atoms with van der Waals surface area (Å²) in [5.41, 5.74) is 3.23. The van der Waals surface area contributed by atoms with E-state index in [-0.39, 0.29) is 19.8 Å². The Balaban J connectivity index is 0.00000676. The molecule has 150 valence electrons. The Kier molecular flexibility index (Phi) is 9.77. The minimum Gasteiger partial charge on any atom is -0.467 e. The number of ether oxygens (including phenoxy) is 2. The highest BCUT2D eigenvalue weighted by Gasteiger charge is 2.25. The summed E-state index contributed by atoms with van der Waals surface area (Å²) < 4.78 is 9.92. The number of methoxy groups -OCH3 is 1. The highest BCUT2D eigenvalue weighted by atomic mass is 16.6. The smallest absolute Gasteiger partial charge is 0.408 e. The number of esters is 1. The van der Waals surface area contributed by atoms with Gasteiger partial charge in [0.25, 0.3) is 0 Å². The molecule has 0 aromatic heterocycles. The molecule has 0 radical (unpaired) electrons. The van der Waals surface area contributed by atoms with E-state index >= 15 is 0 Å². The van der Waals surface area contributed by atoms with Crippen LogP contribution in [0.3, 0.4) is 0 Å². The van der Waals surface area contributed by atoms with Crippen LogP contribution in [-0.4, -0.2) is 42.9 Å². The molecule has 0 aliphatic rings. The van der Waals surface area contributed by atoms with Crippen LogP contribution < -0.4 is 10.7 Å². The van der Waals surface area contributed by atoms with E-state index in [4.69, 9.17) is 9.47 Å². The predicted molar refractivity (Wildman–Crippen MR) is 103 cm³/mol. The number of nitrogens with one attached hydrogen (secondary N) is 2. The Morgan fingerprint density at radius 1 is 1.19 bits per heavy atom. The van der Waals surface area contributed by atoms with Gasteiger partial charge in [-0.25, -0.2) is 15.0 Å². The lowest BCUT2D eigenvalue weighted by atomic mass is 10.0. The van der Waals surface area contributed by atoms with Gasteiger partial charge >= 0.3 is 12.1 Å². The maximum absolute atomic E-state index is 11.9. The molecule has 0 heterocycles. The van der Waals surface area contributed by atoms with Crippen LogP contribution in [0.2, 0.25) is 0 Å². The van der Waals surface area contributed by atoms with Crippen LogP contribution in [-0.2, 0) is 25.5 Å². The molecule has 2 N–H and O–H groups in total. The van der Waals surface area contributed by atoms with Crippen molar-refractivity contribution in [3.05, 3.63) is 35.4 Å². The van der Waals surface area contributed by atoms with E-state index in [9.17, 15) is 14.4 Å². The highest BCUT2D eigenvalue weighted by molar-refractivity contribution is 5.82. The van der Waals surface area contributed by atoms with Gasteiger partial charge in [-0.3, -0.25) is 4.79 Å². The van der Waals surface area contributed by atoms with Crippen LogP contribution in [0.1, 0.15) is 46.2 Å². The highest BCUT2D eigenvalue weighted by Crippen LogP contribution is 2.10. The summed E-state index contributed by atoms with van der Waals surface area (Å²) in [7, 11) is 1.26. The Bertz CT molecular complexity index is 663. The number of alkyl carbamates (subject to hydrolysis) is 1. The van der Waals surface area contributed by atoms with Crippen LogP contribution in [0.25, 0.3) is 0 Å². The van der Waals surface area contributed by atoms with E-state index in [1.54, 1.807) is 45.0 Å². The lowest BCUT2D eigenvalue weighted by Gasteiger charge is -2.22. The summed E-state index contributed by atoms with van der Waals surface area (Å²) >= 11 is 0. The van der Waals surface area contributed by atoms with Gasteiger partial charge in [0.1, 0.15) is 11.6 Å². The molecule has 2 amide bonds. The van der Waals surface area contributed by atoms with Crippen molar-refractivity contribution in [1.29, 1.82) is 0 Å². The number of hydrogen-bond acceptors (Lipinski definition) is 6. The van der Waals surface area contributed by atoms with E-state index in [2.05, 4.69) is 15.8 Å². The third-order valence-electron chi connectivity index (χ3n) is 3.03. The predicted octanol–water partition coefficient (Wildman–Crippen LogP) is 2.40. The lowest BCUT2D eigenvalue weighted by Crippen LogP contribution is -2.45. The summed E-state index contributed by atoms with van der Waals surface area (Å²) in [5.74, 6) is -0.820. The molecule has 8 heteroatoms. The van der Waals surface area contributed by atoms with Crippen LogP contribution in [0.4, 0.5) is 4.79 Å². The molecule has 1 aromatic rings. The van der Waals surface area contributed by atoms with Gasteiger partial charge in [-0.1, -0.05) is 31.7 Å². The van der Waals surface area contributed by atoms with Crippen molar-refractivity contribution in [3.8, 4) is 0 Å². The Morgan fingerprint density at radius 3 is 2.26 bits per heavy atom. The van der Waals surface area contributed by atoms with Crippen molar-refractivity contribution < 1.29 is 23.9 Å². The van der Waals surface area contributed by atoms with Gasteiger partial charge in [-0.2, -0.15) is 5.10 Å². The fourth-order valence-electron chi connectivity index (χ4n) is 1.96. The van der Waals surface area contributed by atoms with Crippen LogP contribution in [0, 0.1) is 0 Å². The number of carbonyl (C=O) groups excluding carboxylic acids is 3. The number of carbonyl (C=O) groups is 3. The molecule has 1 aromatic carbocycles. The molecular formula is C19H29N3O5. The second-order valence-corrected chi connectivity index (χ2v) is 6.59. The van der Waals surface area contributed by atoms with Crippen LogP contribution in [0.5, 0.6) is 0 Å². The molecule has 0 saturated heterocycles. The SMILES string of the molecule is C.COC(=O)C(Cc1ccc(/C=N/NC(C)=O)cc1)NC(=O)OC(C)(C)C. The first-order chi connectivity index (χ1) is 12.1. The largest absolute Gasteiger partial charge is 0.467 e. The van der Waals surface area contributed by atoms with E-state index in [1.165, 1.54) is 20.2 Å². The minimum atomic E-state index is -0.867. The third kappa shape index (κ3) is 9.98. The van der Waals surface area contributed by atoms with Gasteiger partial charge < -0.3 is 14.8 Å². The molecule has 0 bridgehead atoms. The number of hydrogen-bond donors (Lipinski definition) is 2. The topological polar surface area (TPSA) is 106 Å². The van der Waals surface area contributed by atoms with E-state index in [0.29, 0.717) is 0 Å². The average molecular weight is 379 g/mol. The normalized spacial score (nSPS) is 11.9. The number of benzene rings is 1. The zero-order valence-corrected chi connectivity index (χ0v) is 15.7. The van der Waals surface area contributed by atoms with Crippen LogP contribution >= 0.6 is 0 Å². The van der Waals surface area contributed by atoms with Crippen molar-refractivity contribution >= 4 is 24.2 Å². The molecule has 8 nitrogen and oxygen atoms in total. The molecular weight excluding hydrogens is 350 g/mol. The number of hydrazone groups is 1. The van der Waals surface area contributed by atoms with Crippen molar-refractivity contribution in [2.45, 2.75) is 53.2 Å². The van der Waals surface area contributed by atoms with Gasteiger partial charge in [0, 0.05) is 13.3 Å². The van der Waals surface area contributed by atoms with Gasteiger partial charge in [0.05, 0.1) is 13.3 Å². The van der Waals surface area contributed by atoms with Crippen molar-refractivity contribution in [1.82, 2.24) is 10.7 Å². The number of rotatable bonds is 6. The molecule has 0 aliphatic carbocycles. The summed E-state index contributed by atoms with van der Waals surface area (Å²) in [6.45, 7) is 6.58. The fraction of sp³-hybridized carbons (Fsp3) is 0.474. The number of amides is 2. The molecule has 0 fully saturated rings.